The summed E-state index contributed by atoms with van der Waals surface area (Å²) < 4.78 is 19.7. The molecule has 0 aliphatic rings. The summed E-state index contributed by atoms with van der Waals surface area (Å²) >= 11 is 0. The van der Waals surface area contributed by atoms with Crippen molar-refractivity contribution >= 4 is 5.69 Å². The lowest BCUT2D eigenvalue weighted by Gasteiger charge is -2.13. The van der Waals surface area contributed by atoms with Crippen LogP contribution in [0.1, 0.15) is 0 Å². The van der Waals surface area contributed by atoms with Crippen LogP contribution in [0.25, 0.3) is 0 Å². The van der Waals surface area contributed by atoms with Crippen LogP contribution in [0.15, 0.2) is 36.7 Å². The number of rotatable bonds is 6. The van der Waals surface area contributed by atoms with Crippen molar-refractivity contribution < 1.29 is 14.2 Å². The minimum atomic E-state index is -0.662. The molecule has 2 N–H and O–H groups in total. The number of aryl methyl sites for hydroxylation is 1. The lowest BCUT2D eigenvalue weighted by atomic mass is 10.3. The van der Waals surface area contributed by atoms with Crippen molar-refractivity contribution in [1.82, 2.24) is 9.78 Å². The maximum Gasteiger partial charge on any atom is 0.123 e. The van der Waals surface area contributed by atoms with E-state index in [1.54, 1.807) is 10.9 Å². The van der Waals surface area contributed by atoms with Crippen LogP contribution in [-0.2, 0) is 7.05 Å². The molecule has 2 aromatic rings. The molecule has 102 valence electrons. The third-order valence-corrected chi connectivity index (χ3v) is 2.50. The lowest BCUT2D eigenvalue weighted by molar-refractivity contribution is 0.117. The molecule has 0 saturated heterocycles. The van der Waals surface area contributed by atoms with Gasteiger partial charge in [0.05, 0.1) is 11.9 Å². The molecule has 0 amide bonds. The molecule has 1 aromatic carbocycles. The number of nitrogens with zero attached hydrogens (tertiary/aromatic N) is 2. The van der Waals surface area contributed by atoms with E-state index in [9.17, 15) is 9.50 Å². The molecule has 6 heteroatoms. The molecule has 19 heavy (non-hydrogen) atoms. The van der Waals surface area contributed by atoms with Crippen LogP contribution in [-0.4, -0.2) is 34.1 Å². The van der Waals surface area contributed by atoms with Crippen molar-refractivity contribution in [3.63, 3.8) is 0 Å². The predicted octanol–water partition coefficient (Wildman–Crippen LogP) is 1.41. The topological polar surface area (TPSA) is 59.3 Å². The van der Waals surface area contributed by atoms with E-state index in [-0.39, 0.29) is 12.4 Å². The number of nitrogens with one attached hydrogen (secondary N) is 1. The summed E-state index contributed by atoms with van der Waals surface area (Å²) in [6, 6.07) is 5.68. The van der Waals surface area contributed by atoms with Gasteiger partial charge in [-0.05, 0) is 24.3 Å². The van der Waals surface area contributed by atoms with Crippen molar-refractivity contribution in [2.24, 2.45) is 7.05 Å². The fourth-order valence-electron chi connectivity index (χ4n) is 1.53. The lowest BCUT2D eigenvalue weighted by Crippen LogP contribution is -2.26. The first kappa shape index (κ1) is 13.4. The Kier molecular flexibility index (Phi) is 4.35. The highest BCUT2D eigenvalue weighted by Gasteiger charge is 2.06. The third kappa shape index (κ3) is 4.26. The summed E-state index contributed by atoms with van der Waals surface area (Å²) in [6.45, 7) is 0.492. The van der Waals surface area contributed by atoms with Gasteiger partial charge in [0.2, 0.25) is 0 Å². The van der Waals surface area contributed by atoms with Crippen molar-refractivity contribution in [2.45, 2.75) is 6.10 Å². The van der Waals surface area contributed by atoms with E-state index in [1.807, 2.05) is 13.2 Å². The summed E-state index contributed by atoms with van der Waals surface area (Å²) in [5.74, 6) is 0.216. The highest BCUT2D eigenvalue weighted by molar-refractivity contribution is 5.38. The molecule has 1 aromatic heterocycles. The van der Waals surface area contributed by atoms with Gasteiger partial charge >= 0.3 is 0 Å². The SMILES string of the molecule is Cn1cc(NCC(O)COc2ccc(F)cc2)cn1. The number of benzene rings is 1. The van der Waals surface area contributed by atoms with Crippen LogP contribution in [0.2, 0.25) is 0 Å². The molecule has 0 aliphatic carbocycles. The van der Waals surface area contributed by atoms with Gasteiger partial charge in [0, 0.05) is 19.8 Å². The van der Waals surface area contributed by atoms with Crippen molar-refractivity contribution in [3.8, 4) is 5.75 Å². The maximum atomic E-state index is 12.7. The quantitative estimate of drug-likeness (QED) is 0.829. The smallest absolute Gasteiger partial charge is 0.123 e. The van der Waals surface area contributed by atoms with Gasteiger partial charge in [0.25, 0.3) is 0 Å². The Balaban J connectivity index is 1.72. The molecule has 2 rings (SSSR count). The zero-order valence-electron chi connectivity index (χ0n) is 10.6. The van der Waals surface area contributed by atoms with E-state index in [2.05, 4.69) is 10.4 Å². The average molecular weight is 265 g/mol. The number of halogens is 1. The largest absolute Gasteiger partial charge is 0.491 e. The summed E-state index contributed by atoms with van der Waals surface area (Å²) in [5, 5.41) is 16.8. The number of aliphatic hydroxyl groups excluding tert-OH is 1. The van der Waals surface area contributed by atoms with E-state index in [0.29, 0.717) is 12.3 Å². The molecular formula is C13H16FN3O2. The van der Waals surface area contributed by atoms with Gasteiger partial charge in [-0.25, -0.2) is 4.39 Å². The molecule has 0 spiro atoms. The van der Waals surface area contributed by atoms with Crippen LogP contribution in [0, 0.1) is 5.82 Å². The van der Waals surface area contributed by atoms with Gasteiger partial charge in [0.15, 0.2) is 0 Å². The Labute approximate surface area is 110 Å². The highest BCUT2D eigenvalue weighted by Crippen LogP contribution is 2.11. The first-order valence-corrected chi connectivity index (χ1v) is 5.92. The minimum Gasteiger partial charge on any atom is -0.491 e. The molecule has 1 heterocycles. The van der Waals surface area contributed by atoms with Gasteiger partial charge in [-0.15, -0.1) is 0 Å². The highest BCUT2D eigenvalue weighted by atomic mass is 19.1. The van der Waals surface area contributed by atoms with Crippen LogP contribution >= 0.6 is 0 Å². The van der Waals surface area contributed by atoms with E-state index >= 15 is 0 Å². The number of anilines is 1. The molecule has 0 saturated carbocycles. The second-order valence-corrected chi connectivity index (χ2v) is 4.20. The Bertz CT molecular complexity index is 513. The van der Waals surface area contributed by atoms with Crippen LogP contribution < -0.4 is 10.1 Å². The number of aromatic nitrogens is 2. The van der Waals surface area contributed by atoms with E-state index in [0.717, 1.165) is 5.69 Å². The van der Waals surface area contributed by atoms with Crippen LogP contribution in [0.3, 0.4) is 0 Å². The van der Waals surface area contributed by atoms with Gasteiger partial charge < -0.3 is 15.2 Å². The van der Waals surface area contributed by atoms with Crippen molar-refractivity contribution in [3.05, 3.63) is 42.5 Å². The fourth-order valence-corrected chi connectivity index (χ4v) is 1.53. The van der Waals surface area contributed by atoms with E-state index in [1.165, 1.54) is 24.3 Å². The molecule has 0 fully saturated rings. The normalized spacial score (nSPS) is 12.2. The molecule has 0 bridgehead atoms. The molecule has 0 radical (unpaired) electrons. The second-order valence-electron chi connectivity index (χ2n) is 4.20. The zero-order chi connectivity index (χ0) is 13.7. The fraction of sp³-hybridized carbons (Fsp3) is 0.308. The van der Waals surface area contributed by atoms with Gasteiger partial charge in [-0.3, -0.25) is 4.68 Å². The van der Waals surface area contributed by atoms with Crippen molar-refractivity contribution in [2.75, 3.05) is 18.5 Å². The van der Waals surface area contributed by atoms with Crippen molar-refractivity contribution in [1.29, 1.82) is 0 Å². The van der Waals surface area contributed by atoms with Crippen LogP contribution in [0.5, 0.6) is 5.75 Å². The summed E-state index contributed by atoms with van der Waals surface area (Å²) in [5.41, 5.74) is 0.836. The zero-order valence-corrected chi connectivity index (χ0v) is 10.6. The number of hydrogen-bond donors (Lipinski definition) is 2. The molecule has 1 unspecified atom stereocenters. The number of hydrogen-bond acceptors (Lipinski definition) is 4. The first-order chi connectivity index (χ1) is 9.13. The standard InChI is InChI=1S/C13H16FN3O2/c1-17-8-11(6-16-17)15-7-12(18)9-19-13-4-2-10(14)3-5-13/h2-6,8,12,15,18H,7,9H2,1H3. The predicted molar refractivity (Wildman–Crippen MR) is 69.6 cm³/mol. The number of aliphatic hydroxyl groups is 1. The Morgan fingerprint density at radius 2 is 2.16 bits per heavy atom. The van der Waals surface area contributed by atoms with E-state index < -0.39 is 6.10 Å². The maximum absolute atomic E-state index is 12.7. The Morgan fingerprint density at radius 1 is 1.42 bits per heavy atom. The molecule has 0 aliphatic heterocycles. The Hall–Kier alpha value is -2.08. The van der Waals surface area contributed by atoms with Crippen LogP contribution in [0.4, 0.5) is 10.1 Å². The molecule has 1 atom stereocenters. The first-order valence-electron chi connectivity index (χ1n) is 5.92. The summed E-state index contributed by atoms with van der Waals surface area (Å²) in [4.78, 5) is 0. The van der Waals surface area contributed by atoms with Gasteiger partial charge in [-0.2, -0.15) is 5.10 Å². The van der Waals surface area contributed by atoms with E-state index in [4.69, 9.17) is 4.74 Å². The third-order valence-electron chi connectivity index (χ3n) is 2.50. The molecular weight excluding hydrogens is 249 g/mol. The minimum absolute atomic E-state index is 0.138. The monoisotopic (exact) mass is 265 g/mol. The molecule has 5 nitrogen and oxygen atoms in total. The average Bonchev–Trinajstić information content (AvgIpc) is 2.81. The summed E-state index contributed by atoms with van der Waals surface area (Å²) in [6.07, 6.45) is 2.83. The summed E-state index contributed by atoms with van der Waals surface area (Å²) in [7, 11) is 1.82. The van der Waals surface area contributed by atoms with Gasteiger partial charge in [-0.1, -0.05) is 0 Å². The second kappa shape index (κ2) is 6.19. The Morgan fingerprint density at radius 3 is 2.79 bits per heavy atom. The van der Waals surface area contributed by atoms with Gasteiger partial charge in [0.1, 0.15) is 24.3 Å². The number of ether oxygens (including phenoxy) is 1.